The molecule has 1 aliphatic rings. The number of aliphatic hydroxyl groups is 1. The molecule has 1 aliphatic carbocycles. The van der Waals surface area contributed by atoms with Crippen LogP contribution in [-0.4, -0.2) is 30.9 Å². The largest absolute Gasteiger partial charge is 0.494 e. The van der Waals surface area contributed by atoms with Crippen molar-refractivity contribution in [1.82, 2.24) is 5.32 Å². The van der Waals surface area contributed by atoms with Crippen LogP contribution in [0.25, 0.3) is 0 Å². The van der Waals surface area contributed by atoms with Gasteiger partial charge in [-0.2, -0.15) is 0 Å². The molecule has 0 saturated heterocycles. The second-order valence-electron chi connectivity index (χ2n) is 5.03. The van der Waals surface area contributed by atoms with Crippen LogP contribution < -0.4 is 15.4 Å². The van der Waals surface area contributed by atoms with Crippen LogP contribution in [0.15, 0.2) is 12.1 Å². The number of rotatable bonds is 6. The van der Waals surface area contributed by atoms with E-state index >= 15 is 0 Å². The number of carbonyl (C=O) groups excluding carboxylic acids is 1. The fraction of sp³-hybridized carbons (Fsp3) is 0.500. The van der Waals surface area contributed by atoms with Gasteiger partial charge in [0, 0.05) is 18.3 Å². The van der Waals surface area contributed by atoms with Crippen LogP contribution in [-0.2, 0) is 0 Å². The second-order valence-corrected chi connectivity index (χ2v) is 5.84. The van der Waals surface area contributed by atoms with E-state index in [1.54, 1.807) is 12.1 Å². The summed E-state index contributed by atoms with van der Waals surface area (Å²) in [5.41, 5.74) is 0.488. The molecule has 0 heterocycles. The lowest BCUT2D eigenvalue weighted by atomic mass is 10.1. The maximum Gasteiger partial charge on any atom is 0.319 e. The number of ether oxygens (including phenoxy) is 1. The van der Waals surface area contributed by atoms with Gasteiger partial charge in [0.05, 0.1) is 17.2 Å². The van der Waals surface area contributed by atoms with Gasteiger partial charge in [0.1, 0.15) is 0 Å². The van der Waals surface area contributed by atoms with E-state index in [0.717, 1.165) is 12.8 Å². The Morgan fingerprint density at radius 1 is 1.43 bits per heavy atom. The number of hydrogen-bond donors (Lipinski definition) is 3. The number of halogens is 2. The monoisotopic (exact) mass is 332 g/mol. The molecule has 0 bridgehead atoms. The Kier molecular flexibility index (Phi) is 5.56. The Morgan fingerprint density at radius 3 is 2.52 bits per heavy atom. The molecule has 2 rings (SSSR count). The molecule has 0 aromatic heterocycles. The first-order chi connectivity index (χ1) is 10.0. The molecular weight excluding hydrogens is 315 g/mol. The average Bonchev–Trinajstić information content (AvgIpc) is 3.22. The molecule has 1 aromatic rings. The van der Waals surface area contributed by atoms with E-state index in [-0.39, 0.29) is 18.7 Å². The third kappa shape index (κ3) is 4.40. The van der Waals surface area contributed by atoms with Gasteiger partial charge in [-0.1, -0.05) is 23.2 Å². The molecule has 0 aliphatic heterocycles. The Hall–Kier alpha value is -1.17. The minimum atomic E-state index is -0.336. The first-order valence-electron chi connectivity index (χ1n) is 6.76. The fourth-order valence-electron chi connectivity index (χ4n) is 2.23. The lowest BCUT2D eigenvalue weighted by Crippen LogP contribution is -2.39. The second kappa shape index (κ2) is 7.20. The van der Waals surface area contributed by atoms with E-state index in [0.29, 0.717) is 33.8 Å². The Balaban J connectivity index is 1.98. The summed E-state index contributed by atoms with van der Waals surface area (Å²) < 4.78 is 5.05. The van der Waals surface area contributed by atoms with Crippen molar-refractivity contribution >= 4 is 34.9 Å². The molecule has 1 aromatic carbocycles. The summed E-state index contributed by atoms with van der Waals surface area (Å²) in [4.78, 5) is 12.0. The number of methoxy groups -OCH3 is 1. The van der Waals surface area contributed by atoms with Crippen LogP contribution in [0.3, 0.4) is 0 Å². The minimum Gasteiger partial charge on any atom is -0.494 e. The van der Waals surface area contributed by atoms with Crippen LogP contribution in [0, 0.1) is 5.92 Å². The standard InChI is InChI=1S/C14H18Cl2N2O3/c1-21-13-10(15)6-9(7-11(13)16)17-14(20)18-12(4-5-19)8-2-3-8/h6-8,12,19H,2-5H2,1H3,(H2,17,18,20)/t12-/m1/s1. The van der Waals surface area contributed by atoms with Crippen molar-refractivity contribution in [3.8, 4) is 5.75 Å². The van der Waals surface area contributed by atoms with E-state index in [1.807, 2.05) is 0 Å². The number of carbonyl (C=O) groups is 1. The molecule has 21 heavy (non-hydrogen) atoms. The molecule has 3 N–H and O–H groups in total. The zero-order chi connectivity index (χ0) is 15.4. The van der Waals surface area contributed by atoms with Crippen molar-refractivity contribution in [2.45, 2.75) is 25.3 Å². The lowest BCUT2D eigenvalue weighted by molar-refractivity contribution is 0.234. The van der Waals surface area contributed by atoms with Gasteiger partial charge in [0.15, 0.2) is 5.75 Å². The van der Waals surface area contributed by atoms with Gasteiger partial charge in [-0.15, -0.1) is 0 Å². The molecule has 1 atom stereocenters. The molecule has 2 amide bonds. The predicted octanol–water partition coefficient (Wildman–Crippen LogP) is 3.28. The smallest absolute Gasteiger partial charge is 0.319 e. The SMILES string of the molecule is COc1c(Cl)cc(NC(=O)N[C@H](CCO)C2CC2)cc1Cl. The van der Waals surface area contributed by atoms with E-state index in [2.05, 4.69) is 10.6 Å². The van der Waals surface area contributed by atoms with Crippen molar-refractivity contribution in [3.05, 3.63) is 22.2 Å². The minimum absolute atomic E-state index is 0.000748. The highest BCUT2D eigenvalue weighted by Crippen LogP contribution is 2.36. The van der Waals surface area contributed by atoms with Gasteiger partial charge in [0.25, 0.3) is 0 Å². The van der Waals surface area contributed by atoms with Gasteiger partial charge in [-0.05, 0) is 37.3 Å². The molecule has 116 valence electrons. The van der Waals surface area contributed by atoms with Gasteiger partial charge >= 0.3 is 6.03 Å². The Bertz CT molecular complexity index is 498. The predicted molar refractivity (Wildman–Crippen MR) is 83.4 cm³/mol. The van der Waals surface area contributed by atoms with Gasteiger partial charge in [-0.3, -0.25) is 0 Å². The summed E-state index contributed by atoms with van der Waals surface area (Å²) >= 11 is 12.0. The molecular formula is C14H18Cl2N2O3. The number of benzene rings is 1. The lowest BCUT2D eigenvalue weighted by Gasteiger charge is -2.18. The van der Waals surface area contributed by atoms with Crippen molar-refractivity contribution in [3.63, 3.8) is 0 Å². The van der Waals surface area contributed by atoms with Crippen LogP contribution >= 0.6 is 23.2 Å². The maximum atomic E-state index is 12.0. The summed E-state index contributed by atoms with van der Waals surface area (Å²) in [6.45, 7) is 0.0572. The van der Waals surface area contributed by atoms with E-state index in [9.17, 15) is 4.79 Å². The Labute approximate surface area is 133 Å². The molecule has 1 fully saturated rings. The number of hydrogen-bond acceptors (Lipinski definition) is 3. The van der Waals surface area contributed by atoms with Gasteiger partial charge < -0.3 is 20.5 Å². The normalized spacial score (nSPS) is 15.4. The first kappa shape index (κ1) is 16.2. The third-order valence-corrected chi connectivity index (χ3v) is 3.97. The summed E-state index contributed by atoms with van der Waals surface area (Å²) in [6.07, 6.45) is 2.73. The summed E-state index contributed by atoms with van der Waals surface area (Å²) in [5, 5.41) is 15.2. The van der Waals surface area contributed by atoms with Gasteiger partial charge in [-0.25, -0.2) is 4.79 Å². The quantitative estimate of drug-likeness (QED) is 0.748. The van der Waals surface area contributed by atoms with E-state index in [1.165, 1.54) is 7.11 Å². The molecule has 0 unspecified atom stereocenters. The highest BCUT2D eigenvalue weighted by molar-refractivity contribution is 6.37. The number of anilines is 1. The molecule has 5 nitrogen and oxygen atoms in total. The Morgan fingerprint density at radius 2 is 2.05 bits per heavy atom. The summed E-state index contributed by atoms with van der Waals surface area (Å²) in [7, 11) is 1.47. The first-order valence-corrected chi connectivity index (χ1v) is 7.52. The number of aliphatic hydroxyl groups excluding tert-OH is 1. The topological polar surface area (TPSA) is 70.6 Å². The van der Waals surface area contributed by atoms with Crippen molar-refractivity contribution in [1.29, 1.82) is 0 Å². The van der Waals surface area contributed by atoms with E-state index < -0.39 is 0 Å². The van der Waals surface area contributed by atoms with Crippen LogP contribution in [0.4, 0.5) is 10.5 Å². The zero-order valence-electron chi connectivity index (χ0n) is 11.7. The van der Waals surface area contributed by atoms with E-state index in [4.69, 9.17) is 33.0 Å². The highest BCUT2D eigenvalue weighted by atomic mass is 35.5. The van der Waals surface area contributed by atoms with Crippen LogP contribution in [0.1, 0.15) is 19.3 Å². The number of nitrogens with one attached hydrogen (secondary N) is 2. The van der Waals surface area contributed by atoms with Crippen LogP contribution in [0.2, 0.25) is 10.0 Å². The molecule has 1 saturated carbocycles. The molecule has 0 radical (unpaired) electrons. The third-order valence-electron chi connectivity index (χ3n) is 3.41. The number of amides is 2. The fourth-order valence-corrected chi connectivity index (χ4v) is 2.87. The van der Waals surface area contributed by atoms with Crippen molar-refractivity contribution in [2.75, 3.05) is 19.0 Å². The summed E-state index contributed by atoms with van der Waals surface area (Å²) in [6, 6.07) is 2.81. The highest BCUT2D eigenvalue weighted by Gasteiger charge is 2.31. The van der Waals surface area contributed by atoms with Crippen molar-refractivity contribution in [2.24, 2.45) is 5.92 Å². The van der Waals surface area contributed by atoms with Crippen LogP contribution in [0.5, 0.6) is 5.75 Å². The van der Waals surface area contributed by atoms with Gasteiger partial charge in [0.2, 0.25) is 0 Å². The van der Waals surface area contributed by atoms with Crippen molar-refractivity contribution < 1.29 is 14.6 Å². The maximum absolute atomic E-state index is 12.0. The number of urea groups is 1. The summed E-state index contributed by atoms with van der Waals surface area (Å²) in [5.74, 6) is 0.839. The average molecular weight is 333 g/mol. The zero-order valence-corrected chi connectivity index (χ0v) is 13.2. The molecule has 0 spiro atoms. The molecule has 7 heteroatoms.